The summed E-state index contributed by atoms with van der Waals surface area (Å²) in [5.74, 6) is -1.68. The van der Waals surface area contributed by atoms with Gasteiger partial charge in [0.05, 0.1) is 12.2 Å². The standard InChI is InChI=1S/C24H26FNO4.H3N/c1-15(2)26-21-6-4-3-5-20(21)24(16-7-9-17(25)10-8-16)22(26)12-11-18(27)13-19(28)14-23(29)30;/h3-12,15,18-19,27-28H,13-14H2,1-2H3,(H,29,30);1H3/b12-11+;/t18-,19-;/m1./s1. The molecule has 0 aliphatic heterocycles. The number of aromatic nitrogens is 1. The zero-order chi connectivity index (χ0) is 21.8. The summed E-state index contributed by atoms with van der Waals surface area (Å²) < 4.78 is 15.6. The highest BCUT2D eigenvalue weighted by atomic mass is 19.1. The first-order chi connectivity index (χ1) is 14.3. The Hall–Kier alpha value is -3.00. The molecule has 1 heterocycles. The lowest BCUT2D eigenvalue weighted by Gasteiger charge is -2.15. The van der Waals surface area contributed by atoms with Gasteiger partial charge < -0.3 is 30.8 Å². The highest BCUT2D eigenvalue weighted by Gasteiger charge is 2.19. The fraction of sp³-hybridized carbons (Fsp3) is 0.292. The third-order valence-electron chi connectivity index (χ3n) is 4.99. The predicted octanol–water partition coefficient (Wildman–Crippen LogP) is 3.67. The molecule has 0 unspecified atom stereocenters. The number of hydrogen-bond donors (Lipinski definition) is 3. The highest BCUT2D eigenvalue weighted by molar-refractivity contribution is 6.01. The van der Waals surface area contributed by atoms with E-state index in [9.17, 15) is 24.5 Å². The Labute approximate surface area is 180 Å². The van der Waals surface area contributed by atoms with Crippen LogP contribution >= 0.6 is 0 Å². The van der Waals surface area contributed by atoms with Crippen molar-refractivity contribution in [3.05, 3.63) is 66.1 Å². The maximum Gasteiger partial charge on any atom is 0.123 e. The van der Waals surface area contributed by atoms with E-state index in [1.807, 2.05) is 24.3 Å². The summed E-state index contributed by atoms with van der Waals surface area (Å²) in [6, 6.07) is 14.3. The van der Waals surface area contributed by atoms with E-state index in [1.54, 1.807) is 24.3 Å². The van der Waals surface area contributed by atoms with Crippen LogP contribution in [0.15, 0.2) is 54.6 Å². The number of carboxylic acid groups (broad SMARTS) is 1. The van der Waals surface area contributed by atoms with Gasteiger partial charge in [0.2, 0.25) is 0 Å². The van der Waals surface area contributed by atoms with Gasteiger partial charge in [-0.25, -0.2) is 4.39 Å². The van der Waals surface area contributed by atoms with Crippen molar-refractivity contribution in [3.8, 4) is 11.1 Å². The molecule has 0 saturated carbocycles. The lowest BCUT2D eigenvalue weighted by Crippen LogP contribution is -2.29. The topological polar surface area (TPSA) is 122 Å². The Morgan fingerprint density at radius 1 is 1.13 bits per heavy atom. The van der Waals surface area contributed by atoms with Crippen LogP contribution < -0.4 is 11.3 Å². The van der Waals surface area contributed by atoms with Crippen molar-refractivity contribution in [3.63, 3.8) is 0 Å². The second kappa shape index (κ2) is 10.3. The first-order valence-corrected chi connectivity index (χ1v) is 9.91. The minimum Gasteiger partial charge on any atom is -0.550 e. The molecule has 166 valence electrons. The normalized spacial score (nSPS) is 13.5. The molecule has 0 bridgehead atoms. The molecule has 0 saturated heterocycles. The number of hydrogen-bond acceptors (Lipinski definition) is 4. The summed E-state index contributed by atoms with van der Waals surface area (Å²) in [6.45, 7) is 4.11. The highest BCUT2D eigenvalue weighted by Crippen LogP contribution is 2.38. The van der Waals surface area contributed by atoms with Crippen LogP contribution in [0.25, 0.3) is 28.1 Å². The molecule has 3 aromatic rings. The molecule has 0 fully saturated rings. The van der Waals surface area contributed by atoms with E-state index in [0.717, 1.165) is 27.7 Å². The predicted molar refractivity (Wildman–Crippen MR) is 119 cm³/mol. The van der Waals surface area contributed by atoms with Crippen molar-refractivity contribution >= 4 is 22.9 Å². The number of fused-ring (bicyclic) bond motifs is 1. The number of halogens is 1. The minimum absolute atomic E-state index is 0. The Morgan fingerprint density at radius 3 is 2.39 bits per heavy atom. The van der Waals surface area contributed by atoms with Gasteiger partial charge in [-0.3, -0.25) is 0 Å². The molecule has 2 aromatic carbocycles. The van der Waals surface area contributed by atoms with Crippen LogP contribution in [0.2, 0.25) is 0 Å². The van der Waals surface area contributed by atoms with Crippen molar-refractivity contribution in [2.45, 2.75) is 44.9 Å². The molecule has 0 spiro atoms. The van der Waals surface area contributed by atoms with Gasteiger partial charge in [0.1, 0.15) is 5.82 Å². The maximum absolute atomic E-state index is 13.5. The molecule has 2 atom stereocenters. The fourth-order valence-corrected chi connectivity index (χ4v) is 3.76. The van der Waals surface area contributed by atoms with Crippen LogP contribution in [-0.4, -0.2) is 33.0 Å². The van der Waals surface area contributed by atoms with Crippen molar-refractivity contribution in [1.29, 1.82) is 0 Å². The summed E-state index contributed by atoms with van der Waals surface area (Å²) in [7, 11) is 0. The van der Waals surface area contributed by atoms with E-state index in [-0.39, 0.29) is 24.4 Å². The quantitative estimate of drug-likeness (QED) is 0.507. The lowest BCUT2D eigenvalue weighted by molar-refractivity contribution is -0.307. The number of aliphatic hydroxyl groups excluding tert-OH is 2. The third kappa shape index (κ3) is 5.58. The van der Waals surface area contributed by atoms with Gasteiger partial charge in [0.25, 0.3) is 0 Å². The van der Waals surface area contributed by atoms with Gasteiger partial charge >= 0.3 is 0 Å². The number of para-hydroxylation sites is 1. The molecule has 7 heteroatoms. The van der Waals surface area contributed by atoms with Gasteiger partial charge in [-0.2, -0.15) is 0 Å². The minimum atomic E-state index is -1.36. The van der Waals surface area contributed by atoms with E-state index >= 15 is 0 Å². The van der Waals surface area contributed by atoms with Crippen molar-refractivity contribution < 1.29 is 24.5 Å². The monoisotopic (exact) mass is 428 g/mol. The summed E-state index contributed by atoms with van der Waals surface area (Å²) in [6.07, 6.45) is 0.450. The van der Waals surface area contributed by atoms with Gasteiger partial charge in [-0.15, -0.1) is 0 Å². The van der Waals surface area contributed by atoms with Crippen LogP contribution in [0.5, 0.6) is 0 Å². The van der Waals surface area contributed by atoms with E-state index < -0.39 is 24.6 Å². The molecule has 6 nitrogen and oxygen atoms in total. The summed E-state index contributed by atoms with van der Waals surface area (Å²) >= 11 is 0. The summed E-state index contributed by atoms with van der Waals surface area (Å²) in [4.78, 5) is 10.6. The first-order valence-electron chi connectivity index (χ1n) is 9.91. The van der Waals surface area contributed by atoms with Crippen LogP contribution in [0.4, 0.5) is 4.39 Å². The number of aliphatic hydroxyl groups is 2. The Kier molecular flexibility index (Phi) is 8.10. The molecule has 0 amide bonds. The van der Waals surface area contributed by atoms with Crippen molar-refractivity contribution in [2.24, 2.45) is 0 Å². The van der Waals surface area contributed by atoms with Gasteiger partial charge in [0.15, 0.2) is 0 Å². The number of carbonyl (C=O) groups excluding carboxylic acids is 1. The molecular formula is C24H29FN2O4. The van der Waals surface area contributed by atoms with Gasteiger partial charge in [-0.05, 0) is 43.7 Å². The number of benzene rings is 2. The SMILES string of the molecule is CC(C)n1c(/C=C/[C@@H](O)C[C@@H](O)CC(=O)[O-])c(-c2ccc(F)cc2)c2ccccc21.[NH4+]. The van der Waals surface area contributed by atoms with E-state index in [2.05, 4.69) is 18.4 Å². The molecule has 1 aromatic heterocycles. The van der Waals surface area contributed by atoms with Crippen molar-refractivity contribution in [1.82, 2.24) is 10.7 Å². The third-order valence-corrected chi connectivity index (χ3v) is 4.99. The van der Waals surface area contributed by atoms with E-state index in [4.69, 9.17) is 0 Å². The lowest BCUT2D eigenvalue weighted by atomic mass is 10.0. The zero-order valence-corrected chi connectivity index (χ0v) is 18.0. The number of rotatable bonds is 8. The Bertz CT molecular complexity index is 1060. The Balaban J connectivity index is 0.00000341. The Morgan fingerprint density at radius 2 is 1.77 bits per heavy atom. The number of quaternary nitrogens is 1. The average molecular weight is 429 g/mol. The first kappa shape index (κ1) is 24.3. The largest absolute Gasteiger partial charge is 0.550 e. The molecule has 0 radical (unpaired) electrons. The molecule has 0 aliphatic rings. The maximum atomic E-state index is 13.5. The van der Waals surface area contributed by atoms with Crippen LogP contribution in [-0.2, 0) is 4.79 Å². The van der Waals surface area contributed by atoms with Gasteiger partial charge in [-0.1, -0.05) is 36.4 Å². The fourth-order valence-electron chi connectivity index (χ4n) is 3.76. The summed E-state index contributed by atoms with van der Waals surface area (Å²) in [5, 5.41) is 31.6. The number of aliphatic carboxylic acids is 1. The van der Waals surface area contributed by atoms with Gasteiger partial charge in [0, 0.05) is 47.0 Å². The molecule has 0 aliphatic carbocycles. The molecule has 3 rings (SSSR count). The number of nitrogens with zero attached hydrogens (tertiary/aromatic N) is 1. The van der Waals surface area contributed by atoms with Crippen LogP contribution in [0, 0.1) is 5.82 Å². The smallest absolute Gasteiger partial charge is 0.123 e. The second-order valence-corrected chi connectivity index (χ2v) is 7.64. The summed E-state index contributed by atoms with van der Waals surface area (Å²) in [5.41, 5.74) is 3.61. The van der Waals surface area contributed by atoms with Crippen LogP contribution in [0.3, 0.4) is 0 Å². The number of carbonyl (C=O) groups is 1. The molecular weight excluding hydrogens is 399 g/mol. The molecule has 31 heavy (non-hydrogen) atoms. The van der Waals surface area contributed by atoms with E-state index in [1.165, 1.54) is 12.1 Å². The average Bonchev–Trinajstić information content (AvgIpc) is 3.00. The zero-order valence-electron chi connectivity index (χ0n) is 18.0. The van der Waals surface area contributed by atoms with Crippen molar-refractivity contribution in [2.75, 3.05) is 0 Å². The van der Waals surface area contributed by atoms with Crippen LogP contribution in [0.1, 0.15) is 38.4 Å². The number of carboxylic acids is 1. The second-order valence-electron chi connectivity index (χ2n) is 7.64. The molecule has 6 N–H and O–H groups in total. The van der Waals surface area contributed by atoms with E-state index in [0.29, 0.717) is 0 Å².